The molecular formula is C18H18FNO3. The molecule has 0 bridgehead atoms. The molecule has 1 fully saturated rings. The third-order valence-electron chi connectivity index (χ3n) is 4.09. The Morgan fingerprint density at radius 3 is 2.65 bits per heavy atom. The molecule has 1 heterocycles. The standard InChI is InChI=1S/C18H18FNO3/c1-3-22-17(21)12-4-7-16(20-11-12)23-15-6-5-13(10-14(15)19)18(2)8-9-18/h4-7,10-11H,3,8-9H2,1-2H3. The summed E-state index contributed by atoms with van der Waals surface area (Å²) >= 11 is 0. The smallest absolute Gasteiger partial charge is 0.339 e. The summed E-state index contributed by atoms with van der Waals surface area (Å²) in [5.41, 5.74) is 1.43. The van der Waals surface area contributed by atoms with Crippen LogP contribution < -0.4 is 4.74 Å². The minimum Gasteiger partial charge on any atom is -0.462 e. The molecular weight excluding hydrogens is 297 g/mol. The molecule has 2 aromatic rings. The second kappa shape index (κ2) is 5.99. The zero-order chi connectivity index (χ0) is 16.4. The Hall–Kier alpha value is -2.43. The summed E-state index contributed by atoms with van der Waals surface area (Å²) in [6, 6.07) is 8.09. The predicted octanol–water partition coefficient (Wildman–Crippen LogP) is 4.24. The van der Waals surface area contributed by atoms with Gasteiger partial charge < -0.3 is 9.47 Å². The molecule has 4 nitrogen and oxygen atoms in total. The average Bonchev–Trinajstić information content (AvgIpc) is 3.29. The summed E-state index contributed by atoms with van der Waals surface area (Å²) in [7, 11) is 0. The molecule has 1 saturated carbocycles. The average molecular weight is 315 g/mol. The Balaban J connectivity index is 1.73. The molecule has 3 rings (SSSR count). The molecule has 1 aliphatic carbocycles. The number of nitrogens with zero attached hydrogens (tertiary/aromatic N) is 1. The largest absolute Gasteiger partial charge is 0.462 e. The fraction of sp³-hybridized carbons (Fsp3) is 0.333. The maximum absolute atomic E-state index is 14.2. The Morgan fingerprint density at radius 2 is 2.09 bits per heavy atom. The molecule has 0 aliphatic heterocycles. The van der Waals surface area contributed by atoms with E-state index in [9.17, 15) is 9.18 Å². The van der Waals surface area contributed by atoms with E-state index in [1.165, 1.54) is 24.4 Å². The van der Waals surface area contributed by atoms with Crippen LogP contribution in [0.4, 0.5) is 4.39 Å². The minimum atomic E-state index is -0.445. The SMILES string of the molecule is CCOC(=O)c1ccc(Oc2ccc(C3(C)CC3)cc2F)nc1. The topological polar surface area (TPSA) is 48.4 Å². The van der Waals surface area contributed by atoms with Gasteiger partial charge in [0.2, 0.25) is 5.88 Å². The van der Waals surface area contributed by atoms with Gasteiger partial charge in [-0.3, -0.25) is 0 Å². The van der Waals surface area contributed by atoms with Crippen molar-refractivity contribution in [3.8, 4) is 11.6 Å². The maximum atomic E-state index is 14.2. The summed E-state index contributed by atoms with van der Waals surface area (Å²) in [5.74, 6) is -0.511. The molecule has 1 aromatic heterocycles. The highest BCUT2D eigenvalue weighted by molar-refractivity contribution is 5.89. The minimum absolute atomic E-state index is 0.110. The van der Waals surface area contributed by atoms with E-state index in [1.54, 1.807) is 13.0 Å². The van der Waals surface area contributed by atoms with Crippen molar-refractivity contribution in [1.82, 2.24) is 4.98 Å². The molecule has 0 spiro atoms. The first kappa shape index (κ1) is 15.5. The Morgan fingerprint density at radius 1 is 1.30 bits per heavy atom. The number of benzene rings is 1. The van der Waals surface area contributed by atoms with Crippen LogP contribution in [0.1, 0.15) is 42.6 Å². The van der Waals surface area contributed by atoms with Gasteiger partial charge in [-0.25, -0.2) is 14.2 Å². The number of ether oxygens (including phenoxy) is 2. The zero-order valence-corrected chi connectivity index (χ0v) is 13.1. The Bertz CT molecular complexity index is 724. The van der Waals surface area contributed by atoms with Gasteiger partial charge in [-0.2, -0.15) is 0 Å². The van der Waals surface area contributed by atoms with E-state index in [-0.39, 0.29) is 17.0 Å². The van der Waals surface area contributed by atoms with Crippen molar-refractivity contribution >= 4 is 5.97 Å². The van der Waals surface area contributed by atoms with Crippen LogP contribution in [0, 0.1) is 5.82 Å². The lowest BCUT2D eigenvalue weighted by Crippen LogP contribution is -2.05. The first-order valence-electron chi connectivity index (χ1n) is 7.63. The van der Waals surface area contributed by atoms with Gasteiger partial charge in [-0.1, -0.05) is 13.0 Å². The van der Waals surface area contributed by atoms with Crippen molar-refractivity contribution in [2.24, 2.45) is 0 Å². The molecule has 0 saturated heterocycles. The van der Waals surface area contributed by atoms with Gasteiger partial charge in [0.1, 0.15) is 0 Å². The fourth-order valence-corrected chi connectivity index (χ4v) is 2.32. The summed E-state index contributed by atoms with van der Waals surface area (Å²) in [5, 5.41) is 0. The molecule has 23 heavy (non-hydrogen) atoms. The van der Waals surface area contributed by atoms with Gasteiger partial charge in [0.25, 0.3) is 0 Å². The number of pyridine rings is 1. The van der Waals surface area contributed by atoms with E-state index >= 15 is 0 Å². The molecule has 120 valence electrons. The molecule has 1 aliphatic rings. The summed E-state index contributed by atoms with van der Waals surface area (Å²) in [6.45, 7) is 4.16. The third kappa shape index (κ3) is 3.33. The van der Waals surface area contributed by atoms with E-state index in [0.29, 0.717) is 12.2 Å². The van der Waals surface area contributed by atoms with Crippen LogP contribution in [-0.4, -0.2) is 17.6 Å². The number of esters is 1. The molecule has 0 amide bonds. The first-order valence-corrected chi connectivity index (χ1v) is 7.63. The fourth-order valence-electron chi connectivity index (χ4n) is 2.32. The lowest BCUT2D eigenvalue weighted by atomic mass is 9.98. The normalized spacial score (nSPS) is 15.1. The van der Waals surface area contributed by atoms with E-state index < -0.39 is 11.8 Å². The van der Waals surface area contributed by atoms with Gasteiger partial charge in [0, 0.05) is 12.3 Å². The van der Waals surface area contributed by atoms with Crippen LogP contribution in [0.25, 0.3) is 0 Å². The van der Waals surface area contributed by atoms with Gasteiger partial charge in [0.05, 0.1) is 12.2 Å². The lowest BCUT2D eigenvalue weighted by Gasteiger charge is -2.11. The highest BCUT2D eigenvalue weighted by atomic mass is 19.1. The van der Waals surface area contributed by atoms with Crippen LogP contribution in [0.3, 0.4) is 0 Å². The predicted molar refractivity (Wildman–Crippen MR) is 83.3 cm³/mol. The van der Waals surface area contributed by atoms with Crippen molar-refractivity contribution in [3.05, 3.63) is 53.5 Å². The van der Waals surface area contributed by atoms with Crippen molar-refractivity contribution in [1.29, 1.82) is 0 Å². The number of hydrogen-bond acceptors (Lipinski definition) is 4. The molecule has 0 atom stereocenters. The second-order valence-corrected chi connectivity index (χ2v) is 5.91. The van der Waals surface area contributed by atoms with Crippen molar-refractivity contribution in [3.63, 3.8) is 0 Å². The highest BCUT2D eigenvalue weighted by Crippen LogP contribution is 2.48. The number of carbonyl (C=O) groups excluding carboxylic acids is 1. The molecule has 5 heteroatoms. The number of hydrogen-bond donors (Lipinski definition) is 0. The quantitative estimate of drug-likeness (QED) is 0.774. The van der Waals surface area contributed by atoms with Gasteiger partial charge in [0.15, 0.2) is 11.6 Å². The van der Waals surface area contributed by atoms with Gasteiger partial charge >= 0.3 is 5.97 Å². The van der Waals surface area contributed by atoms with Crippen molar-refractivity contribution in [2.75, 3.05) is 6.61 Å². The second-order valence-electron chi connectivity index (χ2n) is 5.91. The van der Waals surface area contributed by atoms with Crippen LogP contribution >= 0.6 is 0 Å². The highest BCUT2D eigenvalue weighted by Gasteiger charge is 2.39. The van der Waals surface area contributed by atoms with Crippen molar-refractivity contribution in [2.45, 2.75) is 32.1 Å². The van der Waals surface area contributed by atoms with E-state index in [4.69, 9.17) is 9.47 Å². The zero-order valence-electron chi connectivity index (χ0n) is 13.1. The lowest BCUT2D eigenvalue weighted by molar-refractivity contribution is 0.0526. The number of halogens is 1. The summed E-state index contributed by atoms with van der Waals surface area (Å²) in [6.07, 6.45) is 3.53. The van der Waals surface area contributed by atoms with E-state index in [0.717, 1.165) is 18.4 Å². The monoisotopic (exact) mass is 315 g/mol. The van der Waals surface area contributed by atoms with Crippen molar-refractivity contribution < 1.29 is 18.7 Å². The third-order valence-corrected chi connectivity index (χ3v) is 4.09. The molecule has 1 aromatic carbocycles. The van der Waals surface area contributed by atoms with Crippen LogP contribution in [0.2, 0.25) is 0 Å². The van der Waals surface area contributed by atoms with Crippen LogP contribution in [-0.2, 0) is 10.2 Å². The number of rotatable bonds is 5. The first-order chi connectivity index (χ1) is 11.0. The van der Waals surface area contributed by atoms with Gasteiger partial charge in [-0.05, 0) is 48.9 Å². The Labute approximate surface area is 134 Å². The molecule has 0 radical (unpaired) electrons. The Kier molecular flexibility index (Phi) is 4.03. The van der Waals surface area contributed by atoms with Gasteiger partial charge in [-0.15, -0.1) is 0 Å². The van der Waals surface area contributed by atoms with Crippen LogP contribution in [0.5, 0.6) is 11.6 Å². The summed E-state index contributed by atoms with van der Waals surface area (Å²) < 4.78 is 24.5. The molecule has 0 N–H and O–H groups in total. The number of carbonyl (C=O) groups is 1. The summed E-state index contributed by atoms with van der Waals surface area (Å²) in [4.78, 5) is 15.6. The molecule has 0 unspecified atom stereocenters. The van der Waals surface area contributed by atoms with E-state index in [2.05, 4.69) is 11.9 Å². The van der Waals surface area contributed by atoms with Crippen LogP contribution in [0.15, 0.2) is 36.5 Å². The maximum Gasteiger partial charge on any atom is 0.339 e. The van der Waals surface area contributed by atoms with E-state index in [1.807, 2.05) is 6.07 Å². The number of aromatic nitrogens is 1.